The van der Waals surface area contributed by atoms with Crippen molar-refractivity contribution in [1.29, 1.82) is 0 Å². The maximum absolute atomic E-state index is 12.6. The van der Waals surface area contributed by atoms with Crippen molar-refractivity contribution in [1.82, 2.24) is 15.2 Å². The second kappa shape index (κ2) is 6.63. The van der Waals surface area contributed by atoms with Gasteiger partial charge in [-0.2, -0.15) is 0 Å². The Morgan fingerprint density at radius 2 is 1.75 bits per heavy atom. The maximum Gasteiger partial charge on any atom is 0.324 e. The monoisotopic (exact) mass is 426 g/mol. The van der Waals surface area contributed by atoms with Gasteiger partial charge in [0, 0.05) is 37.4 Å². The highest BCUT2D eigenvalue weighted by Crippen LogP contribution is 2.38. The van der Waals surface area contributed by atoms with Crippen LogP contribution in [0.3, 0.4) is 0 Å². The van der Waals surface area contributed by atoms with Crippen LogP contribution in [0.4, 0.5) is 10.5 Å². The Kier molecular flexibility index (Phi) is 3.93. The van der Waals surface area contributed by atoms with Crippen molar-refractivity contribution in [3.63, 3.8) is 0 Å². The minimum atomic E-state index is -0.844. The van der Waals surface area contributed by atoms with E-state index in [9.17, 15) is 14.4 Å². The van der Waals surface area contributed by atoms with E-state index in [1.165, 1.54) is 10.5 Å². The Balaban J connectivity index is 1.34. The largest absolute Gasteiger partial charge is 0.324 e. The number of urea groups is 1. The fourth-order valence-electron chi connectivity index (χ4n) is 5.29. The number of benzene rings is 2. The molecule has 3 heterocycles. The molecule has 7 heteroatoms. The summed E-state index contributed by atoms with van der Waals surface area (Å²) < 4.78 is 0. The molecule has 4 amide bonds. The van der Waals surface area contributed by atoms with E-state index in [0.29, 0.717) is 25.8 Å². The Hall–Kier alpha value is -3.74. The summed E-state index contributed by atoms with van der Waals surface area (Å²) in [7, 11) is 1.68. The van der Waals surface area contributed by atoms with E-state index in [1.807, 2.05) is 41.3 Å². The minimum absolute atomic E-state index is 0.112. The predicted molar refractivity (Wildman–Crippen MR) is 119 cm³/mol. The van der Waals surface area contributed by atoms with Gasteiger partial charge < -0.3 is 9.80 Å². The number of rotatable bonds is 2. The van der Waals surface area contributed by atoms with E-state index < -0.39 is 5.54 Å². The zero-order valence-electron chi connectivity index (χ0n) is 17.7. The van der Waals surface area contributed by atoms with Gasteiger partial charge in [0.15, 0.2) is 0 Å². The van der Waals surface area contributed by atoms with Crippen LogP contribution in [0.15, 0.2) is 48.5 Å². The van der Waals surface area contributed by atoms with E-state index >= 15 is 0 Å². The molecule has 0 bridgehead atoms. The van der Waals surface area contributed by atoms with Gasteiger partial charge in [0.05, 0.1) is 17.8 Å². The number of aromatic nitrogens is 1. The number of nitrogens with one attached hydrogen (secondary N) is 1. The number of imide groups is 1. The smallest absolute Gasteiger partial charge is 0.312 e. The lowest BCUT2D eigenvalue weighted by Crippen LogP contribution is -2.48. The number of hydrogen-bond donors (Lipinski definition) is 1. The highest BCUT2D eigenvalue weighted by Gasteiger charge is 2.54. The second-order valence-electron chi connectivity index (χ2n) is 8.93. The van der Waals surface area contributed by atoms with Gasteiger partial charge in [-0.15, -0.1) is 0 Å². The molecule has 160 valence electrons. The molecule has 2 aliphatic heterocycles. The lowest BCUT2D eigenvalue weighted by molar-refractivity contribution is -0.125. The SMILES string of the molecule is CN1C(=O)NC(=O)[C@@]12Cc1cc3ccc(CN4C(=O)CCc5ccccc54)nc3cc1C2. The number of likely N-dealkylation sites (N-methyl/N-ethyl adjacent to an activating group) is 1. The molecule has 1 fully saturated rings. The predicted octanol–water partition coefficient (Wildman–Crippen LogP) is 2.73. The number of aryl methyl sites for hydroxylation is 1. The second-order valence-corrected chi connectivity index (χ2v) is 8.93. The molecule has 0 saturated carbocycles. The van der Waals surface area contributed by atoms with Gasteiger partial charge in [-0.3, -0.25) is 19.9 Å². The molecule has 32 heavy (non-hydrogen) atoms. The number of anilines is 1. The summed E-state index contributed by atoms with van der Waals surface area (Å²) in [6, 6.07) is 15.8. The van der Waals surface area contributed by atoms with Crippen molar-refractivity contribution in [2.24, 2.45) is 0 Å². The van der Waals surface area contributed by atoms with E-state index in [1.54, 1.807) is 7.05 Å². The third-order valence-electron chi connectivity index (χ3n) is 7.14. The molecule has 0 unspecified atom stereocenters. The molecule has 1 N–H and O–H groups in total. The third-order valence-corrected chi connectivity index (χ3v) is 7.14. The van der Waals surface area contributed by atoms with Gasteiger partial charge in [-0.1, -0.05) is 24.3 Å². The topological polar surface area (TPSA) is 82.6 Å². The highest BCUT2D eigenvalue weighted by atomic mass is 16.2. The summed E-state index contributed by atoms with van der Waals surface area (Å²) in [6.45, 7) is 0.423. The summed E-state index contributed by atoms with van der Waals surface area (Å²) in [4.78, 5) is 45.4. The summed E-state index contributed by atoms with van der Waals surface area (Å²) in [5, 5.41) is 3.43. The normalized spacial score (nSPS) is 22.0. The first kappa shape index (κ1) is 19.0. The van der Waals surface area contributed by atoms with E-state index in [-0.39, 0.29) is 17.8 Å². The van der Waals surface area contributed by atoms with Gasteiger partial charge in [0.25, 0.3) is 5.91 Å². The number of carbonyl (C=O) groups is 3. The van der Waals surface area contributed by atoms with E-state index in [4.69, 9.17) is 4.98 Å². The number of nitrogens with zero attached hydrogens (tertiary/aromatic N) is 3. The van der Waals surface area contributed by atoms with Crippen LogP contribution in [0, 0.1) is 0 Å². The first-order valence-electron chi connectivity index (χ1n) is 10.8. The Bertz CT molecular complexity index is 1330. The first-order valence-corrected chi connectivity index (χ1v) is 10.8. The van der Waals surface area contributed by atoms with Crippen LogP contribution < -0.4 is 10.2 Å². The molecule has 1 spiro atoms. The fourth-order valence-corrected chi connectivity index (χ4v) is 5.29. The number of pyridine rings is 1. The van der Waals surface area contributed by atoms with Crippen LogP contribution in [-0.2, 0) is 35.4 Å². The van der Waals surface area contributed by atoms with Crippen LogP contribution in [0.5, 0.6) is 0 Å². The van der Waals surface area contributed by atoms with Gasteiger partial charge in [0.2, 0.25) is 5.91 Å². The summed E-state index contributed by atoms with van der Waals surface area (Å²) in [6.07, 6.45) is 2.27. The zero-order chi connectivity index (χ0) is 22.0. The fraction of sp³-hybridized carbons (Fsp3) is 0.280. The maximum atomic E-state index is 12.6. The first-order chi connectivity index (χ1) is 15.4. The van der Waals surface area contributed by atoms with Crippen molar-refractivity contribution in [2.75, 3.05) is 11.9 Å². The summed E-state index contributed by atoms with van der Waals surface area (Å²) in [5.41, 5.74) is 5.07. The molecule has 1 aromatic heterocycles. The lowest BCUT2D eigenvalue weighted by atomic mass is 9.95. The van der Waals surface area contributed by atoms with Crippen molar-refractivity contribution in [2.45, 2.75) is 37.8 Å². The standard InChI is InChI=1S/C25H22N4O3/c1-28-24(32)27-23(31)25(28)12-17-10-16-6-8-19(26-20(16)11-18(17)13-25)14-29-21-5-3-2-4-15(21)7-9-22(29)30/h2-6,8,10-11H,7,9,12-14H2,1H3,(H,27,31,32)/t25-/m0/s1. The molecular weight excluding hydrogens is 404 g/mol. The molecule has 1 aliphatic carbocycles. The third kappa shape index (κ3) is 2.67. The number of hydrogen-bond acceptors (Lipinski definition) is 4. The van der Waals surface area contributed by atoms with Gasteiger partial charge in [-0.25, -0.2) is 4.79 Å². The molecule has 2 aromatic carbocycles. The van der Waals surface area contributed by atoms with Crippen molar-refractivity contribution < 1.29 is 14.4 Å². The number of carbonyl (C=O) groups excluding carboxylic acids is 3. The van der Waals surface area contributed by atoms with Gasteiger partial charge >= 0.3 is 6.03 Å². The van der Waals surface area contributed by atoms with Gasteiger partial charge in [-0.05, 0) is 47.4 Å². The van der Waals surface area contributed by atoms with Crippen molar-refractivity contribution in [3.05, 3.63) is 70.9 Å². The number of fused-ring (bicyclic) bond motifs is 3. The molecule has 7 nitrogen and oxygen atoms in total. The van der Waals surface area contributed by atoms with Gasteiger partial charge in [0.1, 0.15) is 5.54 Å². The molecule has 1 saturated heterocycles. The Morgan fingerprint density at radius 3 is 2.53 bits per heavy atom. The Labute approximate surface area is 185 Å². The van der Waals surface area contributed by atoms with E-state index in [2.05, 4.69) is 17.4 Å². The van der Waals surface area contributed by atoms with E-state index in [0.717, 1.165) is 39.8 Å². The lowest BCUT2D eigenvalue weighted by Gasteiger charge is -2.29. The molecule has 1 atom stereocenters. The number of amides is 4. The van der Waals surface area contributed by atoms with Crippen molar-refractivity contribution >= 4 is 34.4 Å². The molecular formula is C25H22N4O3. The average Bonchev–Trinajstić information content (AvgIpc) is 3.26. The number of para-hydroxylation sites is 1. The molecule has 3 aliphatic rings. The average molecular weight is 426 g/mol. The van der Waals surface area contributed by atoms with Crippen LogP contribution in [-0.4, -0.2) is 40.3 Å². The van der Waals surface area contributed by atoms with Crippen LogP contribution in [0.2, 0.25) is 0 Å². The van der Waals surface area contributed by atoms with Crippen LogP contribution in [0.25, 0.3) is 10.9 Å². The molecule has 3 aromatic rings. The summed E-state index contributed by atoms with van der Waals surface area (Å²) >= 11 is 0. The molecule has 6 rings (SSSR count). The Morgan fingerprint density at radius 1 is 0.969 bits per heavy atom. The van der Waals surface area contributed by atoms with Crippen LogP contribution in [0.1, 0.15) is 28.8 Å². The van der Waals surface area contributed by atoms with Crippen molar-refractivity contribution in [3.8, 4) is 0 Å². The minimum Gasteiger partial charge on any atom is -0.312 e. The molecule has 0 radical (unpaired) electrons. The highest BCUT2D eigenvalue weighted by molar-refractivity contribution is 6.08. The summed E-state index contributed by atoms with van der Waals surface area (Å²) in [5.74, 6) is -0.123. The quantitative estimate of drug-likeness (QED) is 0.639. The zero-order valence-corrected chi connectivity index (χ0v) is 17.7. The van der Waals surface area contributed by atoms with Crippen LogP contribution >= 0.6 is 0 Å².